The second-order valence-electron chi connectivity index (χ2n) is 4.31. The highest BCUT2D eigenvalue weighted by Gasteiger charge is 2.24. The van der Waals surface area contributed by atoms with Crippen molar-refractivity contribution in [2.45, 2.75) is 19.4 Å². The minimum atomic E-state index is -1.19. The van der Waals surface area contributed by atoms with Crippen LogP contribution in [0.25, 0.3) is 0 Å². The van der Waals surface area contributed by atoms with E-state index in [2.05, 4.69) is 10.6 Å². The van der Waals surface area contributed by atoms with Crippen LogP contribution in [0.3, 0.4) is 0 Å². The second kappa shape index (κ2) is 7.17. The fraction of sp³-hybridized carbons (Fsp3) is 0.417. The van der Waals surface area contributed by atoms with Gasteiger partial charge in [0.25, 0.3) is 11.8 Å². The molecule has 114 valence electrons. The fourth-order valence-electron chi connectivity index (χ4n) is 1.56. The predicted octanol–water partition coefficient (Wildman–Crippen LogP) is -1.99. The number of aliphatic carboxylic acids is 1. The molecule has 0 radical (unpaired) electrons. The summed E-state index contributed by atoms with van der Waals surface area (Å²) in [5.74, 6) is -3.33. The Bertz CT molecular complexity index is 495. The Labute approximate surface area is 120 Å². The van der Waals surface area contributed by atoms with Crippen LogP contribution in [0.4, 0.5) is 0 Å². The van der Waals surface area contributed by atoms with E-state index in [1.165, 1.54) is 6.92 Å². The van der Waals surface area contributed by atoms with Crippen molar-refractivity contribution in [2.75, 3.05) is 13.1 Å². The van der Waals surface area contributed by atoms with Crippen molar-refractivity contribution in [3.8, 4) is 0 Å². The topological polar surface area (TPSA) is 133 Å². The molecule has 4 amide bonds. The number of carbonyl (C=O) groups excluding carboxylic acids is 4. The lowest BCUT2D eigenvalue weighted by Crippen LogP contribution is -2.46. The lowest BCUT2D eigenvalue weighted by Gasteiger charge is -2.16. The molecular weight excluding hydrogens is 282 g/mol. The van der Waals surface area contributed by atoms with Gasteiger partial charge in [-0.15, -0.1) is 0 Å². The summed E-state index contributed by atoms with van der Waals surface area (Å²) in [6.45, 7) is 0.768. The van der Waals surface area contributed by atoms with Gasteiger partial charge in [0.2, 0.25) is 11.8 Å². The van der Waals surface area contributed by atoms with Gasteiger partial charge in [0, 0.05) is 25.1 Å². The number of hydrogen-bond acceptors (Lipinski definition) is 5. The van der Waals surface area contributed by atoms with E-state index < -0.39 is 42.2 Å². The standard InChI is InChI=1S/C12H15N3O6/c1-7(12(21)13-6-11(19)20)14-8(16)4-5-15-9(17)2-3-10(15)18/h2-3,7H,4-6H2,1H3,(H,13,21)(H,14,16)(H,19,20). The highest BCUT2D eigenvalue weighted by atomic mass is 16.4. The molecule has 0 saturated carbocycles. The molecule has 0 fully saturated rings. The maximum atomic E-state index is 11.6. The number of imide groups is 1. The van der Waals surface area contributed by atoms with E-state index in [9.17, 15) is 24.0 Å². The van der Waals surface area contributed by atoms with Crippen molar-refractivity contribution in [3.63, 3.8) is 0 Å². The van der Waals surface area contributed by atoms with E-state index in [0.29, 0.717) is 0 Å². The molecular formula is C12H15N3O6. The lowest BCUT2D eigenvalue weighted by molar-refractivity contribution is -0.138. The van der Waals surface area contributed by atoms with Gasteiger partial charge in [0.05, 0.1) is 0 Å². The Morgan fingerprint density at radius 1 is 1.24 bits per heavy atom. The monoisotopic (exact) mass is 297 g/mol. The summed E-state index contributed by atoms with van der Waals surface area (Å²) in [4.78, 5) is 56.7. The molecule has 0 aliphatic carbocycles. The Morgan fingerprint density at radius 2 is 1.81 bits per heavy atom. The molecule has 1 atom stereocenters. The molecule has 9 nitrogen and oxygen atoms in total. The molecule has 21 heavy (non-hydrogen) atoms. The van der Waals surface area contributed by atoms with Crippen LogP contribution in [0.2, 0.25) is 0 Å². The van der Waals surface area contributed by atoms with E-state index in [1.54, 1.807) is 0 Å². The number of amides is 4. The number of nitrogens with one attached hydrogen (secondary N) is 2. The Morgan fingerprint density at radius 3 is 2.33 bits per heavy atom. The van der Waals surface area contributed by atoms with Crippen molar-refractivity contribution in [1.29, 1.82) is 0 Å². The molecule has 1 unspecified atom stereocenters. The van der Waals surface area contributed by atoms with Crippen molar-refractivity contribution in [2.24, 2.45) is 0 Å². The number of rotatable bonds is 7. The second-order valence-corrected chi connectivity index (χ2v) is 4.31. The molecule has 1 aliphatic heterocycles. The zero-order valence-corrected chi connectivity index (χ0v) is 11.3. The van der Waals surface area contributed by atoms with Gasteiger partial charge < -0.3 is 15.7 Å². The summed E-state index contributed by atoms with van der Waals surface area (Å²) >= 11 is 0. The van der Waals surface area contributed by atoms with Gasteiger partial charge in [-0.05, 0) is 6.92 Å². The Hall–Kier alpha value is -2.71. The van der Waals surface area contributed by atoms with Gasteiger partial charge in [0.15, 0.2) is 0 Å². The van der Waals surface area contributed by atoms with Crippen LogP contribution in [0.15, 0.2) is 12.2 Å². The molecule has 1 heterocycles. The van der Waals surface area contributed by atoms with Crippen molar-refractivity contribution in [3.05, 3.63) is 12.2 Å². The van der Waals surface area contributed by atoms with Crippen LogP contribution in [0, 0.1) is 0 Å². The number of hydrogen-bond donors (Lipinski definition) is 3. The maximum absolute atomic E-state index is 11.6. The number of carboxylic acids is 1. The average Bonchev–Trinajstić information content (AvgIpc) is 2.72. The van der Waals surface area contributed by atoms with Crippen LogP contribution in [0.1, 0.15) is 13.3 Å². The minimum absolute atomic E-state index is 0.0834. The molecule has 0 bridgehead atoms. The van der Waals surface area contributed by atoms with E-state index in [-0.39, 0.29) is 13.0 Å². The zero-order chi connectivity index (χ0) is 16.0. The van der Waals surface area contributed by atoms with E-state index in [4.69, 9.17) is 5.11 Å². The molecule has 0 spiro atoms. The molecule has 1 aliphatic rings. The molecule has 0 saturated heterocycles. The highest BCUT2D eigenvalue weighted by Crippen LogP contribution is 2.04. The summed E-state index contributed by atoms with van der Waals surface area (Å²) in [7, 11) is 0. The average molecular weight is 297 g/mol. The molecule has 3 N–H and O–H groups in total. The molecule has 9 heteroatoms. The quantitative estimate of drug-likeness (QED) is 0.466. The van der Waals surface area contributed by atoms with Crippen LogP contribution in [0.5, 0.6) is 0 Å². The molecule has 1 rings (SSSR count). The fourth-order valence-corrected chi connectivity index (χ4v) is 1.56. The van der Waals surface area contributed by atoms with Gasteiger partial charge in [-0.25, -0.2) is 0 Å². The number of carboxylic acid groups (broad SMARTS) is 1. The largest absolute Gasteiger partial charge is 0.480 e. The third kappa shape index (κ3) is 5.05. The first-order valence-corrected chi connectivity index (χ1v) is 6.13. The number of carbonyl (C=O) groups is 5. The van der Waals surface area contributed by atoms with Crippen LogP contribution in [-0.4, -0.2) is 58.7 Å². The van der Waals surface area contributed by atoms with Crippen molar-refractivity contribution < 1.29 is 29.1 Å². The van der Waals surface area contributed by atoms with Crippen LogP contribution >= 0.6 is 0 Å². The van der Waals surface area contributed by atoms with Crippen LogP contribution in [-0.2, 0) is 24.0 Å². The number of nitrogens with zero attached hydrogens (tertiary/aromatic N) is 1. The van der Waals surface area contributed by atoms with Gasteiger partial charge in [-0.2, -0.15) is 0 Å². The smallest absolute Gasteiger partial charge is 0.322 e. The summed E-state index contributed by atoms with van der Waals surface area (Å²) in [6, 6.07) is -0.917. The predicted molar refractivity (Wildman–Crippen MR) is 68.7 cm³/mol. The van der Waals surface area contributed by atoms with Crippen molar-refractivity contribution in [1.82, 2.24) is 15.5 Å². The first-order valence-electron chi connectivity index (χ1n) is 6.13. The van der Waals surface area contributed by atoms with Crippen molar-refractivity contribution >= 4 is 29.6 Å². The first-order chi connectivity index (χ1) is 9.81. The molecule has 0 aromatic carbocycles. The lowest BCUT2D eigenvalue weighted by atomic mass is 10.2. The summed E-state index contributed by atoms with van der Waals surface area (Å²) in [5.41, 5.74) is 0. The molecule has 0 aromatic rings. The van der Waals surface area contributed by atoms with E-state index >= 15 is 0 Å². The van der Waals surface area contributed by atoms with Gasteiger partial charge in [-0.1, -0.05) is 0 Å². The molecule has 0 aromatic heterocycles. The SMILES string of the molecule is CC(NC(=O)CCN1C(=O)C=CC1=O)C(=O)NCC(=O)O. The highest BCUT2D eigenvalue weighted by molar-refractivity contribution is 6.13. The van der Waals surface area contributed by atoms with Gasteiger partial charge in [-0.3, -0.25) is 28.9 Å². The minimum Gasteiger partial charge on any atom is -0.480 e. The van der Waals surface area contributed by atoms with Crippen LogP contribution < -0.4 is 10.6 Å². The third-order valence-electron chi connectivity index (χ3n) is 2.65. The van der Waals surface area contributed by atoms with E-state index in [1.807, 2.05) is 0 Å². The van der Waals surface area contributed by atoms with Gasteiger partial charge >= 0.3 is 5.97 Å². The zero-order valence-electron chi connectivity index (χ0n) is 11.3. The Balaban J connectivity index is 2.33. The maximum Gasteiger partial charge on any atom is 0.322 e. The summed E-state index contributed by atoms with van der Waals surface area (Å²) < 4.78 is 0. The van der Waals surface area contributed by atoms with Gasteiger partial charge in [0.1, 0.15) is 12.6 Å². The van der Waals surface area contributed by atoms with E-state index in [0.717, 1.165) is 17.1 Å². The summed E-state index contributed by atoms with van der Waals surface area (Å²) in [5, 5.41) is 12.9. The Kier molecular flexibility index (Phi) is 5.58. The normalized spacial score (nSPS) is 15.0. The third-order valence-corrected chi connectivity index (χ3v) is 2.65. The summed E-state index contributed by atoms with van der Waals surface area (Å²) in [6.07, 6.45) is 2.08. The first kappa shape index (κ1) is 16.3.